The standard InChI is InChI=1S/C10H10N2OS/c11-10-12-9(8(6-13)14-10)7-4-2-1-3-5-7/h2,4-6H,1,3H2,(H2,11,12). The van der Waals surface area contributed by atoms with Crippen LogP contribution in [-0.2, 0) is 0 Å². The molecule has 3 nitrogen and oxygen atoms in total. The SMILES string of the molecule is Nc1nc(C2=CCCC=C2)c(C=O)s1. The van der Waals surface area contributed by atoms with Crippen LogP contribution in [0, 0.1) is 0 Å². The molecule has 14 heavy (non-hydrogen) atoms. The largest absolute Gasteiger partial charge is 0.375 e. The number of carbonyl (C=O) groups excluding carboxylic acids is 1. The minimum absolute atomic E-state index is 0.446. The predicted octanol–water partition coefficient (Wildman–Crippen LogP) is 2.27. The van der Waals surface area contributed by atoms with E-state index in [0.717, 1.165) is 30.4 Å². The summed E-state index contributed by atoms with van der Waals surface area (Å²) >= 11 is 1.23. The summed E-state index contributed by atoms with van der Waals surface area (Å²) in [4.78, 5) is 15.5. The Morgan fingerprint density at radius 3 is 3.00 bits per heavy atom. The summed E-state index contributed by atoms with van der Waals surface area (Å²) in [5.41, 5.74) is 7.29. The quantitative estimate of drug-likeness (QED) is 0.755. The van der Waals surface area contributed by atoms with Crippen molar-refractivity contribution in [1.29, 1.82) is 0 Å². The second kappa shape index (κ2) is 3.75. The predicted molar refractivity (Wildman–Crippen MR) is 58.3 cm³/mol. The molecule has 0 atom stereocenters. The molecule has 1 aromatic rings. The molecule has 0 aliphatic heterocycles. The monoisotopic (exact) mass is 206 g/mol. The number of thiazole rings is 1. The van der Waals surface area contributed by atoms with Gasteiger partial charge in [0.2, 0.25) is 0 Å². The summed E-state index contributed by atoms with van der Waals surface area (Å²) in [6.45, 7) is 0. The van der Waals surface area contributed by atoms with Crippen molar-refractivity contribution in [3.05, 3.63) is 28.8 Å². The lowest BCUT2D eigenvalue weighted by atomic mass is 10.0. The van der Waals surface area contributed by atoms with Gasteiger partial charge in [0.25, 0.3) is 0 Å². The van der Waals surface area contributed by atoms with Crippen LogP contribution in [0.4, 0.5) is 5.13 Å². The summed E-state index contributed by atoms with van der Waals surface area (Å²) < 4.78 is 0. The van der Waals surface area contributed by atoms with Gasteiger partial charge in [0, 0.05) is 0 Å². The van der Waals surface area contributed by atoms with Crippen LogP contribution in [0.2, 0.25) is 0 Å². The number of hydrogen-bond donors (Lipinski definition) is 1. The first-order chi connectivity index (χ1) is 6.81. The van der Waals surface area contributed by atoms with Crippen molar-refractivity contribution in [2.45, 2.75) is 12.8 Å². The number of allylic oxidation sites excluding steroid dienone is 4. The van der Waals surface area contributed by atoms with E-state index in [9.17, 15) is 4.79 Å². The molecule has 2 rings (SSSR count). The molecular weight excluding hydrogens is 196 g/mol. The van der Waals surface area contributed by atoms with E-state index in [0.29, 0.717) is 10.0 Å². The molecule has 0 aromatic carbocycles. The van der Waals surface area contributed by atoms with Crippen molar-refractivity contribution in [1.82, 2.24) is 4.98 Å². The van der Waals surface area contributed by atoms with Gasteiger partial charge in [-0.05, 0) is 18.4 Å². The molecule has 72 valence electrons. The van der Waals surface area contributed by atoms with Crippen LogP contribution in [0.5, 0.6) is 0 Å². The third kappa shape index (κ3) is 1.61. The minimum atomic E-state index is 0.446. The number of nitrogens with zero attached hydrogens (tertiary/aromatic N) is 1. The molecule has 0 saturated carbocycles. The molecule has 4 heteroatoms. The van der Waals surface area contributed by atoms with Gasteiger partial charge in [-0.3, -0.25) is 4.79 Å². The number of nitrogens with two attached hydrogens (primary N) is 1. The summed E-state index contributed by atoms with van der Waals surface area (Å²) in [6, 6.07) is 0. The van der Waals surface area contributed by atoms with E-state index in [1.807, 2.05) is 6.08 Å². The van der Waals surface area contributed by atoms with Crippen molar-refractivity contribution in [2.75, 3.05) is 5.73 Å². The van der Waals surface area contributed by atoms with Crippen LogP contribution < -0.4 is 5.73 Å². The van der Waals surface area contributed by atoms with Gasteiger partial charge >= 0.3 is 0 Å². The Kier molecular flexibility index (Phi) is 2.45. The van der Waals surface area contributed by atoms with Gasteiger partial charge in [0.15, 0.2) is 11.4 Å². The van der Waals surface area contributed by atoms with E-state index >= 15 is 0 Å². The Labute approximate surface area is 86.0 Å². The average molecular weight is 206 g/mol. The maximum absolute atomic E-state index is 10.7. The smallest absolute Gasteiger partial charge is 0.181 e. The number of carbonyl (C=O) groups is 1. The molecular formula is C10H10N2OS. The van der Waals surface area contributed by atoms with Crippen molar-refractivity contribution < 1.29 is 4.79 Å². The summed E-state index contributed by atoms with van der Waals surface area (Å²) in [7, 11) is 0. The number of nitrogen functional groups attached to an aromatic ring is 1. The average Bonchev–Trinajstić information content (AvgIpc) is 2.61. The summed E-state index contributed by atoms with van der Waals surface area (Å²) in [5, 5.41) is 0.446. The fraction of sp³-hybridized carbons (Fsp3) is 0.200. The Balaban J connectivity index is 2.44. The lowest BCUT2D eigenvalue weighted by Gasteiger charge is -2.03. The van der Waals surface area contributed by atoms with Gasteiger partial charge < -0.3 is 5.73 Å². The van der Waals surface area contributed by atoms with Crippen LogP contribution in [0.3, 0.4) is 0 Å². The number of aldehydes is 1. The molecule has 0 bridgehead atoms. The zero-order valence-corrected chi connectivity index (χ0v) is 8.38. The second-order valence-electron chi connectivity index (χ2n) is 3.02. The van der Waals surface area contributed by atoms with Gasteiger partial charge in [0.05, 0.1) is 10.6 Å². The first kappa shape index (κ1) is 9.15. The lowest BCUT2D eigenvalue weighted by molar-refractivity contribution is 0.112. The maximum Gasteiger partial charge on any atom is 0.181 e. The molecule has 1 aliphatic rings. The first-order valence-electron chi connectivity index (χ1n) is 4.40. The van der Waals surface area contributed by atoms with Crippen molar-refractivity contribution in [3.63, 3.8) is 0 Å². The van der Waals surface area contributed by atoms with E-state index in [-0.39, 0.29) is 0 Å². The van der Waals surface area contributed by atoms with Crippen LogP contribution in [0.15, 0.2) is 18.2 Å². The highest BCUT2D eigenvalue weighted by molar-refractivity contribution is 7.17. The highest BCUT2D eigenvalue weighted by atomic mass is 32.1. The van der Waals surface area contributed by atoms with E-state index in [4.69, 9.17) is 5.73 Å². The van der Waals surface area contributed by atoms with E-state index in [1.165, 1.54) is 11.3 Å². The van der Waals surface area contributed by atoms with Gasteiger partial charge in [-0.15, -0.1) is 0 Å². The maximum atomic E-state index is 10.7. The fourth-order valence-corrected chi connectivity index (χ4v) is 2.10. The Hall–Kier alpha value is -1.42. The van der Waals surface area contributed by atoms with Gasteiger partial charge in [-0.1, -0.05) is 29.6 Å². The van der Waals surface area contributed by atoms with E-state index in [1.54, 1.807) is 0 Å². The Morgan fingerprint density at radius 1 is 1.50 bits per heavy atom. The van der Waals surface area contributed by atoms with E-state index in [2.05, 4.69) is 17.1 Å². The molecule has 0 spiro atoms. The van der Waals surface area contributed by atoms with Gasteiger partial charge in [-0.25, -0.2) is 4.98 Å². The molecule has 0 radical (unpaired) electrons. The zero-order valence-electron chi connectivity index (χ0n) is 7.56. The third-order valence-corrected chi connectivity index (χ3v) is 2.86. The Bertz CT molecular complexity index is 418. The molecule has 1 aromatic heterocycles. The van der Waals surface area contributed by atoms with Crippen molar-refractivity contribution >= 4 is 28.3 Å². The molecule has 0 amide bonds. The topological polar surface area (TPSA) is 56.0 Å². The number of aromatic nitrogens is 1. The summed E-state index contributed by atoms with van der Waals surface area (Å²) in [5.74, 6) is 0. The zero-order chi connectivity index (χ0) is 9.97. The molecule has 1 aliphatic carbocycles. The normalized spacial score (nSPS) is 15.3. The molecule has 1 heterocycles. The highest BCUT2D eigenvalue weighted by Crippen LogP contribution is 2.27. The Morgan fingerprint density at radius 2 is 2.36 bits per heavy atom. The van der Waals surface area contributed by atoms with Crippen LogP contribution in [-0.4, -0.2) is 11.3 Å². The number of anilines is 1. The van der Waals surface area contributed by atoms with Crippen LogP contribution in [0.1, 0.15) is 28.2 Å². The lowest BCUT2D eigenvalue weighted by Crippen LogP contribution is -1.91. The van der Waals surface area contributed by atoms with Crippen molar-refractivity contribution in [2.24, 2.45) is 0 Å². The highest BCUT2D eigenvalue weighted by Gasteiger charge is 2.12. The third-order valence-electron chi connectivity index (χ3n) is 2.05. The van der Waals surface area contributed by atoms with Gasteiger partial charge in [0.1, 0.15) is 0 Å². The summed E-state index contributed by atoms with van der Waals surface area (Å²) in [6.07, 6.45) is 9.03. The minimum Gasteiger partial charge on any atom is -0.375 e. The van der Waals surface area contributed by atoms with Gasteiger partial charge in [-0.2, -0.15) is 0 Å². The van der Waals surface area contributed by atoms with Crippen LogP contribution in [0.25, 0.3) is 5.57 Å². The molecule has 0 fully saturated rings. The van der Waals surface area contributed by atoms with E-state index < -0.39 is 0 Å². The van der Waals surface area contributed by atoms with Crippen LogP contribution >= 0.6 is 11.3 Å². The molecule has 0 saturated heterocycles. The second-order valence-corrected chi connectivity index (χ2v) is 4.08. The number of rotatable bonds is 2. The number of hydrogen-bond acceptors (Lipinski definition) is 4. The van der Waals surface area contributed by atoms with Crippen molar-refractivity contribution in [3.8, 4) is 0 Å². The molecule has 2 N–H and O–H groups in total. The molecule has 0 unspecified atom stereocenters. The fourth-order valence-electron chi connectivity index (χ4n) is 1.42. The first-order valence-corrected chi connectivity index (χ1v) is 5.21.